The summed E-state index contributed by atoms with van der Waals surface area (Å²) in [6.45, 7) is 4.82. The number of benzene rings is 1. The normalized spacial score (nSPS) is 12.3. The van der Waals surface area contributed by atoms with Crippen LogP contribution in [0.15, 0.2) is 22.7 Å². The number of hydrogen-bond donors (Lipinski definition) is 2. The third-order valence-corrected chi connectivity index (χ3v) is 3.67. The molecule has 1 amide bonds. The number of nitrogens with one attached hydrogen (secondary N) is 1. The Hall–Kier alpha value is -1.07. The van der Waals surface area contributed by atoms with Gasteiger partial charge in [-0.05, 0) is 58.9 Å². The number of anilines is 1. The maximum Gasteiger partial charge on any atom is 0.224 e. The number of amides is 1. The highest BCUT2D eigenvalue weighted by Gasteiger charge is 2.14. The third-order valence-electron chi connectivity index (χ3n) is 3.05. The molecule has 0 aliphatic carbocycles. The molecule has 1 aromatic carbocycles. The maximum absolute atomic E-state index is 12.0. The number of methoxy groups -OCH3 is 1. The van der Waals surface area contributed by atoms with Crippen molar-refractivity contribution in [2.24, 2.45) is 17.6 Å². The van der Waals surface area contributed by atoms with Crippen molar-refractivity contribution in [2.75, 3.05) is 19.0 Å². The molecule has 0 saturated carbocycles. The van der Waals surface area contributed by atoms with Crippen LogP contribution < -0.4 is 15.8 Å². The van der Waals surface area contributed by atoms with Gasteiger partial charge in [-0.1, -0.05) is 13.8 Å². The fraction of sp³-hybridized carbons (Fsp3) is 0.533. The molecule has 20 heavy (non-hydrogen) atoms. The van der Waals surface area contributed by atoms with E-state index in [0.29, 0.717) is 18.9 Å². The smallest absolute Gasteiger partial charge is 0.224 e. The van der Waals surface area contributed by atoms with Gasteiger partial charge < -0.3 is 15.8 Å². The molecule has 3 N–H and O–H groups in total. The molecule has 1 atom stereocenters. The van der Waals surface area contributed by atoms with E-state index >= 15 is 0 Å². The van der Waals surface area contributed by atoms with Gasteiger partial charge in [-0.25, -0.2) is 0 Å². The number of ether oxygens (including phenoxy) is 1. The first-order valence-corrected chi connectivity index (χ1v) is 7.59. The van der Waals surface area contributed by atoms with E-state index in [1.807, 2.05) is 18.2 Å². The molecule has 112 valence electrons. The standard InChI is InChI=1S/C15H23BrN2O2/c1-10(2)6-11(9-17)7-15(19)18-12-4-5-14(20-3)13(16)8-12/h4-5,8,10-11H,6-7,9,17H2,1-3H3,(H,18,19)/t11-/m0/s1. The van der Waals surface area contributed by atoms with Crippen LogP contribution in [0.2, 0.25) is 0 Å². The molecule has 0 aliphatic rings. The molecule has 0 bridgehead atoms. The Kier molecular flexibility index (Phi) is 7.02. The highest BCUT2D eigenvalue weighted by Crippen LogP contribution is 2.28. The van der Waals surface area contributed by atoms with E-state index in [9.17, 15) is 4.79 Å². The summed E-state index contributed by atoms with van der Waals surface area (Å²) in [7, 11) is 1.61. The van der Waals surface area contributed by atoms with Crippen molar-refractivity contribution in [2.45, 2.75) is 26.7 Å². The number of carbonyl (C=O) groups is 1. The minimum absolute atomic E-state index is 0.00170. The van der Waals surface area contributed by atoms with Gasteiger partial charge in [0.15, 0.2) is 0 Å². The number of hydrogen-bond acceptors (Lipinski definition) is 3. The fourth-order valence-corrected chi connectivity index (χ4v) is 2.69. The molecule has 0 spiro atoms. The highest BCUT2D eigenvalue weighted by molar-refractivity contribution is 9.10. The molecular formula is C15H23BrN2O2. The number of halogens is 1. The van der Waals surface area contributed by atoms with Crippen LogP contribution in [0, 0.1) is 11.8 Å². The summed E-state index contributed by atoms with van der Waals surface area (Å²) >= 11 is 3.40. The molecule has 1 aromatic rings. The van der Waals surface area contributed by atoms with Gasteiger partial charge in [0.1, 0.15) is 5.75 Å². The van der Waals surface area contributed by atoms with Crippen molar-refractivity contribution < 1.29 is 9.53 Å². The molecular weight excluding hydrogens is 320 g/mol. The van der Waals surface area contributed by atoms with E-state index in [-0.39, 0.29) is 11.8 Å². The van der Waals surface area contributed by atoms with Crippen LogP contribution in [0.3, 0.4) is 0 Å². The van der Waals surface area contributed by atoms with Crippen LogP contribution >= 0.6 is 15.9 Å². The molecule has 0 aromatic heterocycles. The summed E-state index contributed by atoms with van der Waals surface area (Å²) in [4.78, 5) is 12.0. The summed E-state index contributed by atoms with van der Waals surface area (Å²) in [5, 5.41) is 2.89. The molecule has 0 fully saturated rings. The molecule has 0 radical (unpaired) electrons. The van der Waals surface area contributed by atoms with Gasteiger partial charge in [-0.3, -0.25) is 4.79 Å². The quantitative estimate of drug-likeness (QED) is 0.797. The lowest BCUT2D eigenvalue weighted by Gasteiger charge is -2.16. The van der Waals surface area contributed by atoms with Crippen molar-refractivity contribution in [3.05, 3.63) is 22.7 Å². The van der Waals surface area contributed by atoms with Crippen LogP contribution in [0.5, 0.6) is 5.75 Å². The Balaban J connectivity index is 2.59. The van der Waals surface area contributed by atoms with Gasteiger partial charge in [-0.15, -0.1) is 0 Å². The van der Waals surface area contributed by atoms with Crippen LogP contribution in [0.25, 0.3) is 0 Å². The molecule has 4 nitrogen and oxygen atoms in total. The van der Waals surface area contributed by atoms with E-state index in [1.165, 1.54) is 0 Å². The largest absolute Gasteiger partial charge is 0.496 e. The first-order valence-electron chi connectivity index (χ1n) is 6.79. The predicted octanol–water partition coefficient (Wildman–Crippen LogP) is 3.41. The van der Waals surface area contributed by atoms with Gasteiger partial charge in [0.2, 0.25) is 5.91 Å². The number of carbonyl (C=O) groups excluding carboxylic acids is 1. The Morgan fingerprint density at radius 3 is 2.65 bits per heavy atom. The van der Waals surface area contributed by atoms with E-state index < -0.39 is 0 Å². The van der Waals surface area contributed by atoms with Crippen molar-refractivity contribution in [3.63, 3.8) is 0 Å². The number of rotatable bonds is 7. The molecule has 0 heterocycles. The molecule has 5 heteroatoms. The monoisotopic (exact) mass is 342 g/mol. The number of nitrogens with two attached hydrogens (primary N) is 1. The molecule has 1 rings (SSSR count). The van der Waals surface area contributed by atoms with Crippen molar-refractivity contribution >= 4 is 27.5 Å². The van der Waals surface area contributed by atoms with E-state index in [0.717, 1.165) is 22.3 Å². The lowest BCUT2D eigenvalue weighted by Crippen LogP contribution is -2.23. The van der Waals surface area contributed by atoms with Gasteiger partial charge in [0.25, 0.3) is 0 Å². The molecule has 0 aliphatic heterocycles. The summed E-state index contributed by atoms with van der Waals surface area (Å²) in [6, 6.07) is 5.46. The third kappa shape index (κ3) is 5.51. The first kappa shape index (κ1) is 17.0. The lowest BCUT2D eigenvalue weighted by atomic mass is 9.94. The minimum atomic E-state index is -0.00170. The Morgan fingerprint density at radius 1 is 1.45 bits per heavy atom. The topological polar surface area (TPSA) is 64.3 Å². The maximum atomic E-state index is 12.0. The lowest BCUT2D eigenvalue weighted by molar-refractivity contribution is -0.117. The minimum Gasteiger partial charge on any atom is -0.496 e. The van der Waals surface area contributed by atoms with Crippen molar-refractivity contribution in [3.8, 4) is 5.75 Å². The Labute approximate surface area is 129 Å². The molecule has 0 saturated heterocycles. The average Bonchev–Trinajstić information content (AvgIpc) is 2.37. The SMILES string of the molecule is COc1ccc(NC(=O)C[C@@H](CN)CC(C)C)cc1Br. The van der Waals surface area contributed by atoms with Gasteiger partial charge in [-0.2, -0.15) is 0 Å². The van der Waals surface area contributed by atoms with E-state index in [4.69, 9.17) is 10.5 Å². The summed E-state index contributed by atoms with van der Waals surface area (Å²) < 4.78 is 5.97. The first-order chi connectivity index (χ1) is 9.46. The van der Waals surface area contributed by atoms with Crippen LogP contribution in [-0.2, 0) is 4.79 Å². The summed E-state index contributed by atoms with van der Waals surface area (Å²) in [5.41, 5.74) is 6.47. The van der Waals surface area contributed by atoms with Gasteiger partial charge >= 0.3 is 0 Å². The predicted molar refractivity (Wildman–Crippen MR) is 85.9 cm³/mol. The second-order valence-corrected chi connectivity index (χ2v) is 6.19. The zero-order valence-corrected chi connectivity index (χ0v) is 13.9. The van der Waals surface area contributed by atoms with Crippen LogP contribution in [-0.4, -0.2) is 19.6 Å². The average molecular weight is 343 g/mol. The molecule has 0 unspecified atom stereocenters. The second kappa shape index (κ2) is 8.27. The van der Waals surface area contributed by atoms with E-state index in [2.05, 4.69) is 35.1 Å². The second-order valence-electron chi connectivity index (χ2n) is 5.33. The fourth-order valence-electron chi connectivity index (χ4n) is 2.15. The highest BCUT2D eigenvalue weighted by atomic mass is 79.9. The van der Waals surface area contributed by atoms with Gasteiger partial charge in [0.05, 0.1) is 11.6 Å². The summed E-state index contributed by atoms with van der Waals surface area (Å²) in [5.74, 6) is 1.52. The zero-order valence-electron chi connectivity index (χ0n) is 12.3. The zero-order chi connectivity index (χ0) is 15.1. The summed E-state index contributed by atoms with van der Waals surface area (Å²) in [6.07, 6.45) is 1.43. The van der Waals surface area contributed by atoms with E-state index in [1.54, 1.807) is 7.11 Å². The van der Waals surface area contributed by atoms with Crippen LogP contribution in [0.4, 0.5) is 5.69 Å². The van der Waals surface area contributed by atoms with Crippen molar-refractivity contribution in [1.29, 1.82) is 0 Å². The van der Waals surface area contributed by atoms with Crippen molar-refractivity contribution in [1.82, 2.24) is 0 Å². The van der Waals surface area contributed by atoms with Gasteiger partial charge in [0, 0.05) is 12.1 Å². The Morgan fingerprint density at radius 2 is 2.15 bits per heavy atom. The Bertz CT molecular complexity index is 449. The van der Waals surface area contributed by atoms with Crippen LogP contribution in [0.1, 0.15) is 26.7 Å².